The number of benzene rings is 1. The molecule has 0 spiro atoms. The number of nitrogens with one attached hydrogen (secondary N) is 1. The summed E-state index contributed by atoms with van der Waals surface area (Å²) in [6, 6.07) is 6.91. The summed E-state index contributed by atoms with van der Waals surface area (Å²) in [5, 5.41) is 7.81. The lowest BCUT2D eigenvalue weighted by atomic mass is 10.3. The average Bonchev–Trinajstić information content (AvgIpc) is 2.86. The van der Waals surface area contributed by atoms with E-state index in [4.69, 9.17) is 11.6 Å². The summed E-state index contributed by atoms with van der Waals surface area (Å²) in [6.45, 7) is 4.67. The molecule has 1 aromatic carbocycles. The van der Waals surface area contributed by atoms with Crippen molar-refractivity contribution in [2.24, 2.45) is 0 Å². The maximum atomic E-state index is 13.6. The summed E-state index contributed by atoms with van der Waals surface area (Å²) in [6.07, 6.45) is 2.96. The van der Waals surface area contributed by atoms with Crippen molar-refractivity contribution >= 4 is 17.3 Å². The molecule has 0 bridgehead atoms. The third kappa shape index (κ3) is 3.26. The van der Waals surface area contributed by atoms with Gasteiger partial charge in [-0.2, -0.15) is 5.10 Å². The first-order valence-corrected chi connectivity index (χ1v) is 6.71. The number of anilines is 1. The second-order valence-corrected chi connectivity index (χ2v) is 4.90. The van der Waals surface area contributed by atoms with Crippen molar-refractivity contribution in [1.82, 2.24) is 9.78 Å². The fourth-order valence-electron chi connectivity index (χ4n) is 1.75. The number of hydrogen-bond acceptors (Lipinski definition) is 2. The third-order valence-electron chi connectivity index (χ3n) is 3.12. The maximum Gasteiger partial charge on any atom is 0.147 e. The van der Waals surface area contributed by atoms with Gasteiger partial charge in [0.05, 0.1) is 22.9 Å². The fourth-order valence-corrected chi connectivity index (χ4v) is 1.98. The normalized spacial score (nSPS) is 12.4. The molecule has 102 valence electrons. The van der Waals surface area contributed by atoms with Gasteiger partial charge in [0.2, 0.25) is 0 Å². The van der Waals surface area contributed by atoms with Crippen molar-refractivity contribution in [3.05, 3.63) is 47.0 Å². The van der Waals surface area contributed by atoms with Crippen LogP contribution in [0.5, 0.6) is 0 Å². The Morgan fingerprint density at radius 1 is 1.42 bits per heavy atom. The molecule has 0 aliphatic rings. The molecule has 2 aromatic rings. The minimum atomic E-state index is -0.353. The molecule has 5 heteroatoms. The Morgan fingerprint density at radius 3 is 2.89 bits per heavy atom. The van der Waals surface area contributed by atoms with Gasteiger partial charge in [-0.15, -0.1) is 0 Å². The van der Waals surface area contributed by atoms with Gasteiger partial charge in [-0.05, 0) is 31.5 Å². The highest BCUT2D eigenvalue weighted by Crippen LogP contribution is 2.25. The van der Waals surface area contributed by atoms with Crippen molar-refractivity contribution in [2.75, 3.05) is 5.32 Å². The van der Waals surface area contributed by atoms with Crippen LogP contribution in [0.4, 0.5) is 10.1 Å². The van der Waals surface area contributed by atoms with Crippen molar-refractivity contribution in [2.45, 2.75) is 32.9 Å². The molecule has 3 nitrogen and oxygen atoms in total. The van der Waals surface area contributed by atoms with Gasteiger partial charge in [0.15, 0.2) is 0 Å². The van der Waals surface area contributed by atoms with Gasteiger partial charge in [-0.1, -0.05) is 24.6 Å². The van der Waals surface area contributed by atoms with Gasteiger partial charge in [0.1, 0.15) is 5.82 Å². The van der Waals surface area contributed by atoms with Crippen LogP contribution in [0.3, 0.4) is 0 Å². The van der Waals surface area contributed by atoms with E-state index in [2.05, 4.69) is 24.3 Å². The van der Waals surface area contributed by atoms with Crippen LogP contribution in [-0.4, -0.2) is 9.78 Å². The summed E-state index contributed by atoms with van der Waals surface area (Å²) in [4.78, 5) is 0. The van der Waals surface area contributed by atoms with Crippen molar-refractivity contribution < 1.29 is 4.39 Å². The number of aromatic nitrogens is 2. The zero-order chi connectivity index (χ0) is 13.8. The molecule has 0 saturated carbocycles. The second-order valence-electron chi connectivity index (χ2n) is 4.49. The van der Waals surface area contributed by atoms with Gasteiger partial charge in [0, 0.05) is 12.2 Å². The number of rotatable bonds is 5. The quantitative estimate of drug-likeness (QED) is 0.887. The molecule has 0 saturated heterocycles. The number of para-hydroxylation sites is 1. The molecular formula is C14H17ClFN3. The lowest BCUT2D eigenvalue weighted by Crippen LogP contribution is -2.07. The van der Waals surface area contributed by atoms with Gasteiger partial charge >= 0.3 is 0 Å². The molecule has 0 aliphatic heterocycles. The fraction of sp³-hybridized carbons (Fsp3) is 0.357. The Balaban J connectivity index is 2.05. The number of nitrogens with zero attached hydrogens (tertiary/aromatic N) is 2. The van der Waals surface area contributed by atoms with Crippen LogP contribution < -0.4 is 5.32 Å². The Labute approximate surface area is 117 Å². The van der Waals surface area contributed by atoms with Crippen molar-refractivity contribution in [1.29, 1.82) is 0 Å². The molecule has 1 aromatic heterocycles. The molecule has 2 rings (SSSR count). The van der Waals surface area contributed by atoms with Crippen LogP contribution in [0.25, 0.3) is 0 Å². The van der Waals surface area contributed by atoms with E-state index in [1.807, 2.05) is 16.9 Å². The molecule has 0 amide bonds. The van der Waals surface area contributed by atoms with Crippen LogP contribution in [-0.2, 0) is 6.54 Å². The van der Waals surface area contributed by atoms with E-state index in [1.165, 1.54) is 6.07 Å². The predicted molar refractivity (Wildman–Crippen MR) is 76.0 cm³/mol. The van der Waals surface area contributed by atoms with E-state index in [0.29, 0.717) is 23.3 Å². The topological polar surface area (TPSA) is 29.9 Å². The molecule has 0 aliphatic carbocycles. The van der Waals surface area contributed by atoms with Gasteiger partial charge in [-0.3, -0.25) is 4.68 Å². The molecular weight excluding hydrogens is 265 g/mol. The molecule has 1 heterocycles. The number of hydrogen-bond donors (Lipinski definition) is 1. The van der Waals surface area contributed by atoms with Crippen LogP contribution in [0.2, 0.25) is 5.02 Å². The largest absolute Gasteiger partial charge is 0.376 e. The number of halogens is 2. The van der Waals surface area contributed by atoms with Gasteiger partial charge in [-0.25, -0.2) is 4.39 Å². The highest BCUT2D eigenvalue weighted by Gasteiger charge is 2.08. The van der Waals surface area contributed by atoms with E-state index < -0.39 is 0 Å². The summed E-state index contributed by atoms with van der Waals surface area (Å²) in [5.74, 6) is -0.353. The SMILES string of the molecule is CCC(C)n1ccc(CNc2c(F)cccc2Cl)n1. The molecule has 0 fully saturated rings. The lowest BCUT2D eigenvalue weighted by molar-refractivity contribution is 0.474. The standard InChI is InChI=1S/C14H17ClFN3/c1-3-10(2)19-8-7-11(18-19)9-17-14-12(15)5-4-6-13(14)16/h4-8,10,17H,3,9H2,1-2H3. The summed E-state index contributed by atoms with van der Waals surface area (Å²) in [7, 11) is 0. The first-order valence-electron chi connectivity index (χ1n) is 6.33. The Bertz CT molecular complexity index is 533. The molecule has 1 unspecified atom stereocenters. The molecule has 1 atom stereocenters. The zero-order valence-corrected chi connectivity index (χ0v) is 11.8. The Hall–Kier alpha value is -1.55. The lowest BCUT2D eigenvalue weighted by Gasteiger charge is -2.09. The molecule has 1 N–H and O–H groups in total. The Kier molecular flexibility index (Phi) is 4.43. The van der Waals surface area contributed by atoms with Crippen LogP contribution in [0, 0.1) is 5.82 Å². The summed E-state index contributed by atoms with van der Waals surface area (Å²) < 4.78 is 15.5. The van der Waals surface area contributed by atoms with Gasteiger partial charge in [0.25, 0.3) is 0 Å². The van der Waals surface area contributed by atoms with Gasteiger partial charge < -0.3 is 5.32 Å². The summed E-state index contributed by atoms with van der Waals surface area (Å²) in [5.41, 5.74) is 1.18. The Morgan fingerprint density at radius 2 is 2.21 bits per heavy atom. The van der Waals surface area contributed by atoms with E-state index in [1.54, 1.807) is 12.1 Å². The highest BCUT2D eigenvalue weighted by atomic mass is 35.5. The molecule has 0 radical (unpaired) electrons. The smallest absolute Gasteiger partial charge is 0.147 e. The highest BCUT2D eigenvalue weighted by molar-refractivity contribution is 6.33. The van der Waals surface area contributed by atoms with Crippen LogP contribution in [0.15, 0.2) is 30.5 Å². The first-order chi connectivity index (χ1) is 9.11. The van der Waals surface area contributed by atoms with Crippen molar-refractivity contribution in [3.8, 4) is 0 Å². The van der Waals surface area contributed by atoms with E-state index >= 15 is 0 Å². The predicted octanol–water partition coefficient (Wildman–Crippen LogP) is 4.26. The average molecular weight is 282 g/mol. The minimum absolute atomic E-state index is 0.322. The van der Waals surface area contributed by atoms with Crippen LogP contribution >= 0.6 is 11.6 Å². The minimum Gasteiger partial charge on any atom is -0.376 e. The third-order valence-corrected chi connectivity index (χ3v) is 3.43. The van der Waals surface area contributed by atoms with E-state index in [-0.39, 0.29) is 5.82 Å². The second kappa shape index (κ2) is 6.06. The van der Waals surface area contributed by atoms with E-state index in [0.717, 1.165) is 12.1 Å². The van der Waals surface area contributed by atoms with E-state index in [9.17, 15) is 4.39 Å². The first kappa shape index (κ1) is 13.9. The van der Waals surface area contributed by atoms with Crippen molar-refractivity contribution in [3.63, 3.8) is 0 Å². The molecule has 19 heavy (non-hydrogen) atoms. The zero-order valence-electron chi connectivity index (χ0n) is 11.0. The van der Waals surface area contributed by atoms with Crippen LogP contribution in [0.1, 0.15) is 32.0 Å². The summed E-state index contributed by atoms with van der Waals surface area (Å²) >= 11 is 5.95. The maximum absolute atomic E-state index is 13.6. The monoisotopic (exact) mass is 281 g/mol.